The highest BCUT2D eigenvalue weighted by Crippen LogP contribution is 2.59. The number of aliphatic hydroxyl groups is 1. The van der Waals surface area contributed by atoms with Gasteiger partial charge in [-0.05, 0) is 31.4 Å². The molecule has 0 radical (unpaired) electrons. The molecule has 37 heavy (non-hydrogen) atoms. The summed E-state index contributed by atoms with van der Waals surface area (Å²) in [7, 11) is 0. The van der Waals surface area contributed by atoms with Crippen LogP contribution < -0.4 is 4.90 Å². The summed E-state index contributed by atoms with van der Waals surface area (Å²) >= 11 is 0. The highest BCUT2D eigenvalue weighted by molar-refractivity contribution is 6.03. The monoisotopic (exact) mass is 509 g/mol. The van der Waals surface area contributed by atoms with Crippen LogP contribution in [0.2, 0.25) is 0 Å². The van der Waals surface area contributed by atoms with E-state index < -0.39 is 29.6 Å². The van der Waals surface area contributed by atoms with E-state index in [0.717, 1.165) is 24.9 Å². The molecule has 3 fully saturated rings. The third-order valence-corrected chi connectivity index (χ3v) is 8.00. The van der Waals surface area contributed by atoms with Crippen LogP contribution in [0.4, 0.5) is 5.69 Å². The van der Waals surface area contributed by atoms with Gasteiger partial charge in [0.1, 0.15) is 11.6 Å². The summed E-state index contributed by atoms with van der Waals surface area (Å²) in [5.41, 5.74) is -0.350. The maximum absolute atomic E-state index is 14.0. The zero-order chi connectivity index (χ0) is 26.6. The average Bonchev–Trinajstić information content (AvgIpc) is 3.54. The maximum Gasteiger partial charge on any atom is 0.248 e. The lowest BCUT2D eigenvalue weighted by molar-refractivity contribution is -0.148. The van der Waals surface area contributed by atoms with Crippen LogP contribution in [-0.4, -0.2) is 83.2 Å². The molecular formula is C29H39N3O5. The van der Waals surface area contributed by atoms with Gasteiger partial charge in [0, 0.05) is 31.9 Å². The molecule has 1 aromatic rings. The summed E-state index contributed by atoms with van der Waals surface area (Å²) in [5.74, 6) is -2.14. The molecule has 3 aliphatic heterocycles. The van der Waals surface area contributed by atoms with Gasteiger partial charge >= 0.3 is 0 Å². The molecule has 8 nitrogen and oxygen atoms in total. The van der Waals surface area contributed by atoms with E-state index in [0.29, 0.717) is 32.5 Å². The quantitative estimate of drug-likeness (QED) is 0.326. The predicted octanol–water partition coefficient (Wildman–Crippen LogP) is 2.78. The van der Waals surface area contributed by atoms with Crippen molar-refractivity contribution in [1.82, 2.24) is 9.80 Å². The number of unbranched alkanes of at least 4 members (excludes halogenated alkanes) is 2. The molecule has 3 aliphatic rings. The largest absolute Gasteiger partial charge is 0.395 e. The zero-order valence-corrected chi connectivity index (χ0v) is 21.8. The Morgan fingerprint density at radius 1 is 1.16 bits per heavy atom. The van der Waals surface area contributed by atoms with E-state index >= 15 is 0 Å². The van der Waals surface area contributed by atoms with Crippen molar-refractivity contribution in [3.05, 3.63) is 55.6 Å². The van der Waals surface area contributed by atoms with E-state index in [1.807, 2.05) is 30.3 Å². The fourth-order valence-electron chi connectivity index (χ4n) is 6.47. The Balaban J connectivity index is 1.69. The van der Waals surface area contributed by atoms with Crippen molar-refractivity contribution in [2.75, 3.05) is 37.7 Å². The number of β-amino-alcohol motifs (C(OH)–C–C–N with tert-alkyl or cyclic N) is 1. The van der Waals surface area contributed by atoms with Gasteiger partial charge in [-0.2, -0.15) is 0 Å². The fraction of sp³-hybridized carbons (Fsp3) is 0.552. The van der Waals surface area contributed by atoms with Crippen LogP contribution in [0.15, 0.2) is 55.6 Å². The molecule has 2 unspecified atom stereocenters. The van der Waals surface area contributed by atoms with Gasteiger partial charge in [0.2, 0.25) is 17.7 Å². The Hall–Kier alpha value is -2.97. The first kappa shape index (κ1) is 27.1. The Labute approximate surface area is 219 Å². The molecule has 1 aromatic carbocycles. The van der Waals surface area contributed by atoms with Crippen molar-refractivity contribution in [1.29, 1.82) is 0 Å². The number of anilines is 1. The fourth-order valence-corrected chi connectivity index (χ4v) is 6.47. The number of benzene rings is 1. The highest BCUT2D eigenvalue weighted by atomic mass is 16.5. The standard InChI is InChI=1S/C29H39N3O5/c1-4-7-11-18-30(16-5-2)28(36)25-29-15-14-22(37-29)23(24(29)27(35)32(25)19-20-33)26(34)31(17-6-3)21-12-9-8-10-13-21/h5-6,8-10,12-13,22-25,33H,2-4,7,11,14-20H2,1H3/t22-,23+,24-,25?,29?/m0/s1. The number of likely N-dealkylation sites (tertiary alicyclic amines) is 1. The molecule has 3 saturated heterocycles. The van der Waals surface area contributed by atoms with Gasteiger partial charge in [-0.15, -0.1) is 13.2 Å². The van der Waals surface area contributed by atoms with E-state index in [4.69, 9.17) is 4.74 Å². The van der Waals surface area contributed by atoms with Gasteiger partial charge in [0.15, 0.2) is 0 Å². The molecular weight excluding hydrogens is 470 g/mol. The number of hydrogen-bond acceptors (Lipinski definition) is 5. The van der Waals surface area contributed by atoms with Crippen molar-refractivity contribution in [3.8, 4) is 0 Å². The lowest BCUT2D eigenvalue weighted by atomic mass is 9.70. The van der Waals surface area contributed by atoms with Gasteiger partial charge in [-0.1, -0.05) is 50.1 Å². The number of fused-ring (bicyclic) bond motifs is 1. The Morgan fingerprint density at radius 2 is 1.89 bits per heavy atom. The Bertz CT molecular complexity index is 1010. The molecule has 200 valence electrons. The number of para-hydroxylation sites is 1. The average molecular weight is 510 g/mol. The number of hydrogen-bond donors (Lipinski definition) is 1. The van der Waals surface area contributed by atoms with Crippen molar-refractivity contribution in [3.63, 3.8) is 0 Å². The minimum Gasteiger partial charge on any atom is -0.395 e. The van der Waals surface area contributed by atoms with Crippen molar-refractivity contribution >= 4 is 23.4 Å². The predicted molar refractivity (Wildman–Crippen MR) is 142 cm³/mol. The van der Waals surface area contributed by atoms with E-state index in [2.05, 4.69) is 20.1 Å². The van der Waals surface area contributed by atoms with Crippen LogP contribution in [-0.2, 0) is 19.1 Å². The van der Waals surface area contributed by atoms with Crippen molar-refractivity contribution in [2.24, 2.45) is 11.8 Å². The lowest BCUT2D eigenvalue weighted by Gasteiger charge is -2.37. The molecule has 0 aliphatic carbocycles. The molecule has 1 spiro atoms. The Morgan fingerprint density at radius 3 is 2.54 bits per heavy atom. The molecule has 1 N–H and O–H groups in total. The zero-order valence-electron chi connectivity index (χ0n) is 21.8. The van der Waals surface area contributed by atoms with E-state index in [1.54, 1.807) is 22.0 Å². The minimum absolute atomic E-state index is 0.0222. The molecule has 3 amide bonds. The summed E-state index contributed by atoms with van der Waals surface area (Å²) < 4.78 is 6.53. The summed E-state index contributed by atoms with van der Waals surface area (Å²) in [5, 5.41) is 9.81. The van der Waals surface area contributed by atoms with E-state index in [9.17, 15) is 19.5 Å². The van der Waals surface area contributed by atoms with Gasteiger partial charge in [0.05, 0.1) is 24.5 Å². The summed E-state index contributed by atoms with van der Waals surface area (Å²) in [6.07, 6.45) is 6.93. The van der Waals surface area contributed by atoms with Gasteiger partial charge in [-0.3, -0.25) is 14.4 Å². The molecule has 8 heteroatoms. The number of aliphatic hydroxyl groups excluding tert-OH is 1. The first-order chi connectivity index (χ1) is 17.9. The second-order valence-corrected chi connectivity index (χ2v) is 10.2. The number of amides is 3. The van der Waals surface area contributed by atoms with Gasteiger partial charge < -0.3 is 24.5 Å². The van der Waals surface area contributed by atoms with Crippen molar-refractivity contribution < 1.29 is 24.2 Å². The highest BCUT2D eigenvalue weighted by Gasteiger charge is 2.74. The van der Waals surface area contributed by atoms with E-state index in [-0.39, 0.29) is 30.9 Å². The number of ether oxygens (including phenoxy) is 1. The third-order valence-electron chi connectivity index (χ3n) is 8.00. The second kappa shape index (κ2) is 11.6. The van der Waals surface area contributed by atoms with Crippen LogP contribution in [0.5, 0.6) is 0 Å². The van der Waals surface area contributed by atoms with Crippen LogP contribution >= 0.6 is 0 Å². The summed E-state index contributed by atoms with van der Waals surface area (Å²) in [4.78, 5) is 46.8. The Kier molecular flexibility index (Phi) is 8.49. The van der Waals surface area contributed by atoms with Gasteiger partial charge in [0.25, 0.3) is 0 Å². The lowest BCUT2D eigenvalue weighted by Crippen LogP contribution is -2.56. The van der Waals surface area contributed by atoms with Crippen LogP contribution in [0.25, 0.3) is 0 Å². The van der Waals surface area contributed by atoms with Crippen LogP contribution in [0.3, 0.4) is 0 Å². The maximum atomic E-state index is 14.0. The number of rotatable bonds is 13. The summed E-state index contributed by atoms with van der Waals surface area (Å²) in [6.45, 7) is 10.7. The number of carbonyl (C=O) groups is 3. The molecule has 0 saturated carbocycles. The molecule has 4 rings (SSSR count). The molecule has 3 heterocycles. The topological polar surface area (TPSA) is 90.4 Å². The molecule has 5 atom stereocenters. The molecule has 0 aromatic heterocycles. The van der Waals surface area contributed by atoms with Crippen molar-refractivity contribution in [2.45, 2.75) is 56.8 Å². The number of nitrogens with zero attached hydrogens (tertiary/aromatic N) is 3. The SMILES string of the molecule is C=CCN(CCCCC)C(=O)C1N(CCO)C(=O)[C@@H]2[C@H](C(=O)N(CC=C)c3ccccc3)[C@@H]3CCC12O3. The van der Waals surface area contributed by atoms with Crippen LogP contribution in [0, 0.1) is 11.8 Å². The van der Waals surface area contributed by atoms with Gasteiger partial charge in [-0.25, -0.2) is 0 Å². The van der Waals surface area contributed by atoms with Crippen LogP contribution in [0.1, 0.15) is 39.0 Å². The second-order valence-electron chi connectivity index (χ2n) is 10.2. The first-order valence-corrected chi connectivity index (χ1v) is 13.4. The minimum atomic E-state index is -1.07. The number of carbonyl (C=O) groups excluding carboxylic acids is 3. The summed E-state index contributed by atoms with van der Waals surface area (Å²) in [6, 6.07) is 8.46. The smallest absolute Gasteiger partial charge is 0.248 e. The van der Waals surface area contributed by atoms with E-state index in [1.165, 1.54) is 4.90 Å². The normalized spacial score (nSPS) is 27.7. The first-order valence-electron chi connectivity index (χ1n) is 13.4. The third kappa shape index (κ3) is 4.73. The molecule has 2 bridgehead atoms.